The third-order valence-electron chi connectivity index (χ3n) is 3.24. The van der Waals surface area contributed by atoms with Crippen LogP contribution in [-0.4, -0.2) is 45.5 Å². The number of carbonyl (C=O) groups is 1. The van der Waals surface area contributed by atoms with Gasteiger partial charge in [-0.05, 0) is 45.0 Å². The van der Waals surface area contributed by atoms with Crippen molar-refractivity contribution in [2.45, 2.75) is 38.1 Å². The van der Waals surface area contributed by atoms with Gasteiger partial charge in [0.15, 0.2) is 0 Å². The number of carbonyl (C=O) groups excluding carboxylic acids is 1. The molecule has 1 aromatic carbocycles. The Morgan fingerprint density at radius 3 is 2.36 bits per heavy atom. The van der Waals surface area contributed by atoms with Gasteiger partial charge < -0.3 is 9.64 Å². The molecule has 1 rings (SSSR count). The van der Waals surface area contributed by atoms with E-state index in [4.69, 9.17) is 4.74 Å². The quantitative estimate of drug-likeness (QED) is 0.787. The molecule has 0 heterocycles. The first-order valence-electron chi connectivity index (χ1n) is 7.26. The van der Waals surface area contributed by atoms with E-state index in [2.05, 4.69) is 4.72 Å². The summed E-state index contributed by atoms with van der Waals surface area (Å²) in [6.07, 6.45) is 0.130. The van der Waals surface area contributed by atoms with E-state index in [9.17, 15) is 13.2 Å². The lowest BCUT2D eigenvalue weighted by Gasteiger charge is -2.21. The molecule has 1 aromatic rings. The number of hydrogen-bond acceptors (Lipinski definition) is 4. The first kappa shape index (κ1) is 18.4. The molecule has 0 aromatic heterocycles. The molecule has 0 fully saturated rings. The summed E-state index contributed by atoms with van der Waals surface area (Å²) in [5.74, 6) is 0.527. The first-order valence-corrected chi connectivity index (χ1v) is 8.74. The van der Waals surface area contributed by atoms with Gasteiger partial charge in [0.2, 0.25) is 15.9 Å². The Balaban J connectivity index is 2.59. The summed E-state index contributed by atoms with van der Waals surface area (Å²) in [5.41, 5.74) is 0. The van der Waals surface area contributed by atoms with Gasteiger partial charge in [-0.25, -0.2) is 13.1 Å². The topological polar surface area (TPSA) is 75.7 Å². The molecule has 0 unspecified atom stereocenters. The lowest BCUT2D eigenvalue weighted by molar-refractivity contribution is -0.131. The fourth-order valence-electron chi connectivity index (χ4n) is 1.72. The van der Waals surface area contributed by atoms with Crippen LogP contribution in [0.2, 0.25) is 0 Å². The maximum absolute atomic E-state index is 12.1. The largest absolute Gasteiger partial charge is 0.494 e. The Kier molecular flexibility index (Phi) is 6.83. The van der Waals surface area contributed by atoms with Crippen LogP contribution in [0.1, 0.15) is 27.2 Å². The zero-order chi connectivity index (χ0) is 16.8. The Bertz CT molecular complexity index is 582. The van der Waals surface area contributed by atoms with Crippen molar-refractivity contribution in [3.63, 3.8) is 0 Å². The second-order valence-corrected chi connectivity index (χ2v) is 6.92. The van der Waals surface area contributed by atoms with Crippen molar-refractivity contribution in [1.82, 2.24) is 9.62 Å². The molecule has 0 aliphatic carbocycles. The highest BCUT2D eigenvalue weighted by molar-refractivity contribution is 7.89. The monoisotopic (exact) mass is 328 g/mol. The minimum Gasteiger partial charge on any atom is -0.494 e. The van der Waals surface area contributed by atoms with Crippen LogP contribution < -0.4 is 9.46 Å². The standard InChI is InChI=1S/C15H24N2O4S/c1-5-21-13-6-8-14(9-7-13)22(19,20)16-11-10-15(18)17(4)12(2)3/h6-9,12,16H,5,10-11H2,1-4H3. The molecule has 124 valence electrons. The van der Waals surface area contributed by atoms with Crippen LogP contribution in [0.4, 0.5) is 0 Å². The van der Waals surface area contributed by atoms with Gasteiger partial charge in [0.25, 0.3) is 0 Å². The van der Waals surface area contributed by atoms with Crippen LogP contribution in [0.5, 0.6) is 5.75 Å². The molecule has 0 aliphatic heterocycles. The predicted octanol–water partition coefficient (Wildman–Crippen LogP) is 1.62. The van der Waals surface area contributed by atoms with E-state index in [0.29, 0.717) is 12.4 Å². The number of sulfonamides is 1. The molecule has 0 saturated heterocycles. The Labute approximate surface area is 132 Å². The minimum absolute atomic E-state index is 0.0748. The van der Waals surface area contributed by atoms with Gasteiger partial charge in [-0.1, -0.05) is 0 Å². The van der Waals surface area contributed by atoms with E-state index in [0.717, 1.165) is 0 Å². The van der Waals surface area contributed by atoms with Crippen molar-refractivity contribution < 1.29 is 17.9 Å². The van der Waals surface area contributed by atoms with E-state index in [1.165, 1.54) is 12.1 Å². The van der Waals surface area contributed by atoms with Crippen molar-refractivity contribution in [1.29, 1.82) is 0 Å². The zero-order valence-corrected chi connectivity index (χ0v) is 14.3. The summed E-state index contributed by atoms with van der Waals surface area (Å²) in [6.45, 7) is 6.27. The van der Waals surface area contributed by atoms with Gasteiger partial charge in [-0.2, -0.15) is 0 Å². The highest BCUT2D eigenvalue weighted by atomic mass is 32.2. The SMILES string of the molecule is CCOc1ccc(S(=O)(=O)NCCC(=O)N(C)C(C)C)cc1. The number of benzene rings is 1. The molecule has 0 saturated carbocycles. The van der Waals surface area contributed by atoms with Gasteiger partial charge in [-0.3, -0.25) is 4.79 Å². The number of nitrogens with zero attached hydrogens (tertiary/aromatic N) is 1. The molecule has 1 N–H and O–H groups in total. The highest BCUT2D eigenvalue weighted by Crippen LogP contribution is 2.15. The summed E-state index contributed by atoms with van der Waals surface area (Å²) < 4.78 is 31.9. The molecular weight excluding hydrogens is 304 g/mol. The smallest absolute Gasteiger partial charge is 0.240 e. The van der Waals surface area contributed by atoms with Gasteiger partial charge in [0, 0.05) is 26.1 Å². The van der Waals surface area contributed by atoms with Gasteiger partial charge in [0.05, 0.1) is 11.5 Å². The predicted molar refractivity (Wildman–Crippen MR) is 85.3 cm³/mol. The maximum Gasteiger partial charge on any atom is 0.240 e. The third kappa shape index (κ3) is 5.31. The fourth-order valence-corrected chi connectivity index (χ4v) is 2.75. The van der Waals surface area contributed by atoms with Crippen LogP contribution >= 0.6 is 0 Å². The van der Waals surface area contributed by atoms with E-state index < -0.39 is 10.0 Å². The highest BCUT2D eigenvalue weighted by Gasteiger charge is 2.16. The summed E-state index contributed by atoms with van der Waals surface area (Å²) in [5, 5.41) is 0. The average Bonchev–Trinajstić information content (AvgIpc) is 2.47. The van der Waals surface area contributed by atoms with Gasteiger partial charge in [0.1, 0.15) is 5.75 Å². The number of amides is 1. The molecule has 0 bridgehead atoms. The molecule has 6 nitrogen and oxygen atoms in total. The summed E-state index contributed by atoms with van der Waals surface area (Å²) in [6, 6.07) is 6.27. The van der Waals surface area contributed by atoms with Crippen LogP contribution in [0.15, 0.2) is 29.2 Å². The summed E-state index contributed by atoms with van der Waals surface area (Å²) in [4.78, 5) is 13.5. The zero-order valence-electron chi connectivity index (χ0n) is 13.5. The fraction of sp³-hybridized carbons (Fsp3) is 0.533. The van der Waals surface area contributed by atoms with E-state index in [1.54, 1.807) is 24.1 Å². The van der Waals surface area contributed by atoms with E-state index >= 15 is 0 Å². The van der Waals surface area contributed by atoms with Gasteiger partial charge >= 0.3 is 0 Å². The number of ether oxygens (including phenoxy) is 1. The second kappa shape index (κ2) is 8.14. The van der Waals surface area contributed by atoms with Crippen LogP contribution in [0, 0.1) is 0 Å². The van der Waals surface area contributed by atoms with Crippen LogP contribution in [0.25, 0.3) is 0 Å². The Hall–Kier alpha value is -1.60. The molecule has 0 aliphatic rings. The van der Waals surface area contributed by atoms with Crippen molar-refractivity contribution in [2.24, 2.45) is 0 Å². The molecule has 0 spiro atoms. The van der Waals surface area contributed by atoms with Crippen molar-refractivity contribution >= 4 is 15.9 Å². The lowest BCUT2D eigenvalue weighted by Crippen LogP contribution is -2.35. The van der Waals surface area contributed by atoms with E-state index in [-0.39, 0.29) is 29.8 Å². The molecule has 22 heavy (non-hydrogen) atoms. The summed E-state index contributed by atoms with van der Waals surface area (Å²) >= 11 is 0. The third-order valence-corrected chi connectivity index (χ3v) is 4.72. The van der Waals surface area contributed by atoms with Crippen molar-refractivity contribution in [2.75, 3.05) is 20.2 Å². The molecule has 0 atom stereocenters. The molecule has 0 radical (unpaired) electrons. The number of nitrogens with one attached hydrogen (secondary N) is 1. The van der Waals surface area contributed by atoms with Crippen molar-refractivity contribution in [3.8, 4) is 5.75 Å². The Morgan fingerprint density at radius 1 is 1.27 bits per heavy atom. The van der Waals surface area contributed by atoms with Gasteiger partial charge in [-0.15, -0.1) is 0 Å². The maximum atomic E-state index is 12.1. The number of rotatable bonds is 8. The van der Waals surface area contributed by atoms with Crippen LogP contribution in [-0.2, 0) is 14.8 Å². The lowest BCUT2D eigenvalue weighted by atomic mass is 10.3. The first-order chi connectivity index (χ1) is 10.3. The Morgan fingerprint density at radius 2 is 1.86 bits per heavy atom. The molecule has 1 amide bonds. The number of hydrogen-bond donors (Lipinski definition) is 1. The molecule has 7 heteroatoms. The average molecular weight is 328 g/mol. The molecular formula is C15H24N2O4S. The van der Waals surface area contributed by atoms with Crippen LogP contribution in [0.3, 0.4) is 0 Å². The second-order valence-electron chi connectivity index (χ2n) is 5.15. The van der Waals surface area contributed by atoms with E-state index in [1.807, 2.05) is 20.8 Å². The summed E-state index contributed by atoms with van der Waals surface area (Å²) in [7, 11) is -1.91. The van der Waals surface area contributed by atoms with Crippen molar-refractivity contribution in [3.05, 3.63) is 24.3 Å². The minimum atomic E-state index is -3.61. The normalized spacial score (nSPS) is 11.5.